The van der Waals surface area contributed by atoms with E-state index in [-0.39, 0.29) is 12.8 Å². The summed E-state index contributed by atoms with van der Waals surface area (Å²) in [5.41, 5.74) is 0. The summed E-state index contributed by atoms with van der Waals surface area (Å²) in [5.74, 6) is -1.12. The van der Waals surface area contributed by atoms with E-state index in [1.807, 2.05) is 0 Å². The third kappa shape index (κ3) is 23.6. The Balaban J connectivity index is 2.52. The molecule has 0 aromatic carbocycles. The Kier molecular flexibility index (Phi) is 28.1. The number of phosphoric acid groups is 1. The van der Waals surface area contributed by atoms with E-state index < -0.39 is 75.7 Å². The molecular weight excluding hydrogens is 707 g/mol. The molecule has 0 saturated heterocycles. The lowest BCUT2D eigenvalue weighted by atomic mass is 9.85. The average molecular weight is 777 g/mol. The largest absolute Gasteiger partial charge is 0.472 e. The first-order valence-corrected chi connectivity index (χ1v) is 21.3. The number of hydrogen-bond acceptors (Lipinski definition) is 12. The Morgan fingerprint density at radius 1 is 0.604 bits per heavy atom. The third-order valence-corrected chi connectivity index (χ3v) is 9.98. The number of hydrogen-bond donors (Lipinski definition) is 6. The van der Waals surface area contributed by atoms with Crippen LogP contribution in [-0.2, 0) is 32.7 Å². The standard InChI is InChI=1S/C39H69O13P/c1-3-5-7-9-11-13-14-15-16-17-18-20-21-23-25-27-32(40)49-29-31(51-33(41)28-26-24-22-19-12-10-8-6-4-2)30-50-53(47,48)52-39-37(45)35(43)34(42)36(44)38(39)46/h5,7,11,13,15-16,31,34-39,42-46H,3-4,6,8-10,12,14,17-30H2,1-2H3,(H,47,48)/b7-5+,13-11+,16-15+/t31-,34?,35-,36?,37?,38?,39?/m0/s1. The predicted octanol–water partition coefficient (Wildman–Crippen LogP) is 6.27. The average Bonchev–Trinajstić information content (AvgIpc) is 3.13. The van der Waals surface area contributed by atoms with Gasteiger partial charge >= 0.3 is 19.8 Å². The van der Waals surface area contributed by atoms with Crippen molar-refractivity contribution in [1.82, 2.24) is 0 Å². The highest BCUT2D eigenvalue weighted by Crippen LogP contribution is 2.47. The number of unbranched alkanes of at least 4 members (excludes halogenated alkanes) is 13. The molecule has 0 radical (unpaired) electrons. The second kappa shape index (κ2) is 30.3. The van der Waals surface area contributed by atoms with Gasteiger partial charge in [0, 0.05) is 12.8 Å². The van der Waals surface area contributed by atoms with Crippen LogP contribution in [0.2, 0.25) is 0 Å². The van der Waals surface area contributed by atoms with E-state index in [0.29, 0.717) is 12.8 Å². The predicted molar refractivity (Wildman–Crippen MR) is 203 cm³/mol. The zero-order valence-corrected chi connectivity index (χ0v) is 32.9. The molecular formula is C39H69O13P. The van der Waals surface area contributed by atoms with Crippen LogP contribution in [0, 0.1) is 0 Å². The highest BCUT2D eigenvalue weighted by molar-refractivity contribution is 7.47. The van der Waals surface area contributed by atoms with Crippen molar-refractivity contribution in [3.05, 3.63) is 36.5 Å². The van der Waals surface area contributed by atoms with Crippen LogP contribution >= 0.6 is 7.82 Å². The maximum atomic E-state index is 12.7. The molecule has 0 heterocycles. The molecule has 14 heteroatoms. The van der Waals surface area contributed by atoms with Gasteiger partial charge in [0.05, 0.1) is 6.61 Å². The van der Waals surface area contributed by atoms with Crippen LogP contribution in [-0.4, -0.2) is 98.3 Å². The zero-order chi connectivity index (χ0) is 39.3. The Hall–Kier alpha value is -1.93. The topological polar surface area (TPSA) is 210 Å². The molecule has 1 aliphatic rings. The molecule has 308 valence electrons. The maximum Gasteiger partial charge on any atom is 0.472 e. The fourth-order valence-electron chi connectivity index (χ4n) is 5.77. The Morgan fingerprint density at radius 2 is 1.08 bits per heavy atom. The molecule has 6 N–H and O–H groups in total. The fourth-order valence-corrected chi connectivity index (χ4v) is 6.74. The molecule has 0 spiro atoms. The summed E-state index contributed by atoms with van der Waals surface area (Å²) in [7, 11) is -5.11. The molecule has 8 atom stereocenters. The second-order valence-electron chi connectivity index (χ2n) is 13.8. The summed E-state index contributed by atoms with van der Waals surface area (Å²) < 4.78 is 33.3. The van der Waals surface area contributed by atoms with Gasteiger partial charge < -0.3 is 39.9 Å². The van der Waals surface area contributed by atoms with Crippen LogP contribution in [0.1, 0.15) is 142 Å². The van der Waals surface area contributed by atoms with E-state index in [4.69, 9.17) is 18.5 Å². The number of aliphatic hydroxyl groups excluding tert-OH is 5. The lowest BCUT2D eigenvalue weighted by Gasteiger charge is -2.41. The molecule has 0 aliphatic heterocycles. The monoisotopic (exact) mass is 776 g/mol. The van der Waals surface area contributed by atoms with Crippen LogP contribution < -0.4 is 0 Å². The fraction of sp³-hybridized carbons (Fsp3) is 0.795. The van der Waals surface area contributed by atoms with Gasteiger partial charge in [-0.2, -0.15) is 0 Å². The van der Waals surface area contributed by atoms with Crippen LogP contribution in [0.25, 0.3) is 0 Å². The molecule has 1 rings (SSSR count). The number of carbonyl (C=O) groups excluding carboxylic acids is 2. The van der Waals surface area contributed by atoms with E-state index in [0.717, 1.165) is 77.0 Å². The minimum atomic E-state index is -5.11. The highest BCUT2D eigenvalue weighted by Gasteiger charge is 2.51. The van der Waals surface area contributed by atoms with Crippen LogP contribution in [0.15, 0.2) is 36.5 Å². The van der Waals surface area contributed by atoms with Gasteiger partial charge in [-0.1, -0.05) is 121 Å². The molecule has 53 heavy (non-hydrogen) atoms. The first-order chi connectivity index (χ1) is 25.4. The van der Waals surface area contributed by atoms with Crippen LogP contribution in [0.3, 0.4) is 0 Å². The van der Waals surface area contributed by atoms with E-state index in [1.54, 1.807) is 0 Å². The minimum Gasteiger partial charge on any atom is -0.462 e. The molecule has 0 bridgehead atoms. The van der Waals surface area contributed by atoms with Crippen molar-refractivity contribution in [3.63, 3.8) is 0 Å². The van der Waals surface area contributed by atoms with Crippen molar-refractivity contribution < 1.29 is 63.1 Å². The van der Waals surface area contributed by atoms with Gasteiger partial charge in [0.15, 0.2) is 6.10 Å². The zero-order valence-electron chi connectivity index (χ0n) is 32.1. The Morgan fingerprint density at radius 3 is 1.64 bits per heavy atom. The highest BCUT2D eigenvalue weighted by atomic mass is 31.2. The van der Waals surface area contributed by atoms with Crippen LogP contribution in [0.4, 0.5) is 0 Å². The normalized spacial score (nSPS) is 23.8. The Bertz CT molecular complexity index is 1080. The van der Waals surface area contributed by atoms with Crippen molar-refractivity contribution in [2.75, 3.05) is 13.2 Å². The van der Waals surface area contributed by atoms with Gasteiger partial charge in [0.1, 0.15) is 43.2 Å². The number of phosphoric ester groups is 1. The summed E-state index contributed by atoms with van der Waals surface area (Å²) in [4.78, 5) is 35.4. The summed E-state index contributed by atoms with van der Waals surface area (Å²) >= 11 is 0. The summed E-state index contributed by atoms with van der Waals surface area (Å²) in [5, 5.41) is 49.9. The summed E-state index contributed by atoms with van der Waals surface area (Å²) in [6.45, 7) is 3.11. The van der Waals surface area contributed by atoms with Crippen molar-refractivity contribution in [3.8, 4) is 0 Å². The van der Waals surface area contributed by atoms with Crippen molar-refractivity contribution in [1.29, 1.82) is 0 Å². The second-order valence-corrected chi connectivity index (χ2v) is 15.2. The van der Waals surface area contributed by atoms with E-state index in [2.05, 4.69) is 50.3 Å². The molecule has 1 fully saturated rings. The molecule has 0 aromatic heterocycles. The van der Waals surface area contributed by atoms with E-state index in [1.165, 1.54) is 25.7 Å². The molecule has 1 aliphatic carbocycles. The molecule has 0 amide bonds. The van der Waals surface area contributed by atoms with Crippen molar-refractivity contribution in [2.45, 2.75) is 185 Å². The van der Waals surface area contributed by atoms with Crippen LogP contribution in [0.5, 0.6) is 0 Å². The van der Waals surface area contributed by atoms with Crippen molar-refractivity contribution in [2.24, 2.45) is 0 Å². The quantitative estimate of drug-likeness (QED) is 0.0199. The number of esters is 2. The molecule has 1 saturated carbocycles. The van der Waals surface area contributed by atoms with E-state index >= 15 is 0 Å². The Labute approximate surface area is 317 Å². The van der Waals surface area contributed by atoms with Gasteiger partial charge in [-0.15, -0.1) is 0 Å². The SMILES string of the molecule is CC/C=C/C/C=C/C/C=C/CCCCCCCC(=O)OC[C@@H](COP(=O)(O)OC1C(O)C(O)C(O)[C@H](O)C1O)OC(=O)CCCCCCCCCCC. The van der Waals surface area contributed by atoms with Gasteiger partial charge in [-0.25, -0.2) is 4.57 Å². The molecule has 13 nitrogen and oxygen atoms in total. The lowest BCUT2D eigenvalue weighted by Crippen LogP contribution is -2.64. The first-order valence-electron chi connectivity index (χ1n) is 19.8. The first kappa shape index (κ1) is 49.1. The van der Waals surface area contributed by atoms with Gasteiger partial charge in [-0.05, 0) is 44.9 Å². The number of carbonyl (C=O) groups is 2. The summed E-state index contributed by atoms with van der Waals surface area (Å²) in [6.07, 6.45) is 18.0. The summed E-state index contributed by atoms with van der Waals surface area (Å²) in [6, 6.07) is 0. The lowest BCUT2D eigenvalue weighted by molar-refractivity contribution is -0.220. The minimum absolute atomic E-state index is 0.0932. The van der Waals surface area contributed by atoms with Gasteiger partial charge in [0.2, 0.25) is 0 Å². The number of rotatable bonds is 31. The van der Waals surface area contributed by atoms with Crippen molar-refractivity contribution >= 4 is 19.8 Å². The molecule has 6 unspecified atom stereocenters. The molecule has 0 aromatic rings. The smallest absolute Gasteiger partial charge is 0.462 e. The third-order valence-electron chi connectivity index (χ3n) is 9.00. The van der Waals surface area contributed by atoms with Gasteiger partial charge in [-0.3, -0.25) is 18.6 Å². The number of ether oxygens (including phenoxy) is 2. The van der Waals surface area contributed by atoms with Gasteiger partial charge in [0.25, 0.3) is 0 Å². The maximum absolute atomic E-state index is 12.7. The van der Waals surface area contributed by atoms with E-state index in [9.17, 15) is 44.6 Å². The number of allylic oxidation sites excluding steroid dienone is 6. The number of aliphatic hydroxyl groups is 5.